The lowest BCUT2D eigenvalue weighted by atomic mass is 9.93. The van der Waals surface area contributed by atoms with Crippen LogP contribution in [0.2, 0.25) is 0 Å². The molecule has 1 aromatic rings. The van der Waals surface area contributed by atoms with Crippen LogP contribution in [0.25, 0.3) is 0 Å². The van der Waals surface area contributed by atoms with Crippen molar-refractivity contribution < 1.29 is 4.79 Å². The highest BCUT2D eigenvalue weighted by Crippen LogP contribution is 2.24. The van der Waals surface area contributed by atoms with Crippen LogP contribution in [0.15, 0.2) is 24.5 Å². The average molecular weight is 261 g/mol. The second kappa shape index (κ2) is 7.24. The Bertz CT molecular complexity index is 388. The third-order valence-corrected chi connectivity index (χ3v) is 3.80. The lowest BCUT2D eigenvalue weighted by molar-refractivity contribution is -0.134. The smallest absolute Gasteiger partial charge is 0.224 e. The summed E-state index contributed by atoms with van der Waals surface area (Å²) in [5.41, 5.74) is 6.68. The summed E-state index contributed by atoms with van der Waals surface area (Å²) in [5.74, 6) is 0.186. The van der Waals surface area contributed by atoms with Gasteiger partial charge in [0.15, 0.2) is 0 Å². The van der Waals surface area contributed by atoms with Crippen molar-refractivity contribution in [3.8, 4) is 0 Å². The van der Waals surface area contributed by atoms with E-state index in [1.54, 1.807) is 12.4 Å². The van der Waals surface area contributed by atoms with Gasteiger partial charge >= 0.3 is 0 Å². The molecule has 1 aliphatic carbocycles. The van der Waals surface area contributed by atoms with Crippen molar-refractivity contribution in [1.82, 2.24) is 9.88 Å². The number of aromatic nitrogens is 1. The largest absolute Gasteiger partial charge is 0.335 e. The number of carbonyl (C=O) groups excluding carboxylic acids is 1. The van der Waals surface area contributed by atoms with Crippen molar-refractivity contribution in [3.63, 3.8) is 0 Å². The fraction of sp³-hybridized carbons (Fsp3) is 0.600. The maximum absolute atomic E-state index is 12.3. The van der Waals surface area contributed by atoms with E-state index >= 15 is 0 Å². The third-order valence-electron chi connectivity index (χ3n) is 3.80. The van der Waals surface area contributed by atoms with E-state index in [0.29, 0.717) is 25.6 Å². The summed E-state index contributed by atoms with van der Waals surface area (Å²) in [6, 6.07) is 4.35. The average Bonchev–Trinajstić information content (AvgIpc) is 2.47. The van der Waals surface area contributed by atoms with E-state index in [1.807, 2.05) is 17.0 Å². The third kappa shape index (κ3) is 4.03. The van der Waals surface area contributed by atoms with Crippen LogP contribution in [0, 0.1) is 0 Å². The summed E-state index contributed by atoms with van der Waals surface area (Å²) >= 11 is 0. The molecule has 0 atom stereocenters. The molecule has 0 unspecified atom stereocenters. The quantitative estimate of drug-likeness (QED) is 0.883. The zero-order valence-corrected chi connectivity index (χ0v) is 11.4. The SMILES string of the molecule is NCCC(=O)N(Cc1ccncc1)C1CCCCC1. The molecule has 4 nitrogen and oxygen atoms in total. The maximum Gasteiger partial charge on any atom is 0.224 e. The number of nitrogens with two attached hydrogens (primary N) is 1. The predicted molar refractivity (Wildman–Crippen MR) is 75.3 cm³/mol. The van der Waals surface area contributed by atoms with E-state index in [0.717, 1.165) is 18.4 Å². The molecule has 0 saturated heterocycles. The molecule has 0 aliphatic heterocycles. The van der Waals surface area contributed by atoms with Gasteiger partial charge in [-0.25, -0.2) is 0 Å². The molecule has 1 amide bonds. The van der Waals surface area contributed by atoms with Crippen molar-refractivity contribution in [2.45, 2.75) is 51.1 Å². The van der Waals surface area contributed by atoms with Crippen LogP contribution in [0.5, 0.6) is 0 Å². The van der Waals surface area contributed by atoms with Crippen molar-refractivity contribution >= 4 is 5.91 Å². The molecular formula is C15H23N3O. The number of carbonyl (C=O) groups is 1. The highest BCUT2D eigenvalue weighted by molar-refractivity contribution is 5.76. The van der Waals surface area contributed by atoms with Crippen LogP contribution in [-0.4, -0.2) is 28.4 Å². The predicted octanol–water partition coefficient (Wildman–Crippen LogP) is 2.09. The van der Waals surface area contributed by atoms with Gasteiger partial charge in [-0.2, -0.15) is 0 Å². The molecule has 0 spiro atoms. The minimum Gasteiger partial charge on any atom is -0.335 e. The van der Waals surface area contributed by atoms with Gasteiger partial charge in [-0.3, -0.25) is 9.78 Å². The Kier molecular flexibility index (Phi) is 5.33. The summed E-state index contributed by atoms with van der Waals surface area (Å²) in [5, 5.41) is 0. The van der Waals surface area contributed by atoms with Gasteiger partial charge in [0.1, 0.15) is 0 Å². The molecule has 1 saturated carbocycles. The van der Waals surface area contributed by atoms with Crippen LogP contribution in [0.1, 0.15) is 44.1 Å². The number of nitrogens with zero attached hydrogens (tertiary/aromatic N) is 2. The number of pyridine rings is 1. The Morgan fingerprint density at radius 3 is 2.58 bits per heavy atom. The zero-order valence-electron chi connectivity index (χ0n) is 11.4. The van der Waals surface area contributed by atoms with E-state index in [4.69, 9.17) is 5.73 Å². The highest BCUT2D eigenvalue weighted by atomic mass is 16.2. The van der Waals surface area contributed by atoms with E-state index < -0.39 is 0 Å². The number of amides is 1. The van der Waals surface area contributed by atoms with Crippen LogP contribution in [0.4, 0.5) is 0 Å². The minimum absolute atomic E-state index is 0.186. The molecule has 1 heterocycles. The van der Waals surface area contributed by atoms with Gasteiger partial charge in [0.2, 0.25) is 5.91 Å². The fourth-order valence-corrected chi connectivity index (χ4v) is 2.77. The van der Waals surface area contributed by atoms with Crippen molar-refractivity contribution in [2.75, 3.05) is 6.54 Å². The number of rotatable bonds is 5. The Balaban J connectivity index is 2.06. The van der Waals surface area contributed by atoms with E-state index in [2.05, 4.69) is 4.98 Å². The molecule has 2 N–H and O–H groups in total. The van der Waals surface area contributed by atoms with Crippen LogP contribution < -0.4 is 5.73 Å². The molecule has 0 aromatic carbocycles. The first-order valence-corrected chi connectivity index (χ1v) is 7.19. The monoisotopic (exact) mass is 261 g/mol. The lowest BCUT2D eigenvalue weighted by Crippen LogP contribution is -2.41. The highest BCUT2D eigenvalue weighted by Gasteiger charge is 2.24. The lowest BCUT2D eigenvalue weighted by Gasteiger charge is -2.34. The van der Waals surface area contributed by atoms with E-state index in [-0.39, 0.29) is 5.91 Å². The second-order valence-electron chi connectivity index (χ2n) is 5.21. The Hall–Kier alpha value is -1.42. The van der Waals surface area contributed by atoms with Crippen molar-refractivity contribution in [3.05, 3.63) is 30.1 Å². The number of hydrogen-bond donors (Lipinski definition) is 1. The molecule has 19 heavy (non-hydrogen) atoms. The van der Waals surface area contributed by atoms with Crippen LogP contribution >= 0.6 is 0 Å². The first kappa shape index (κ1) is 14.0. The summed E-state index contributed by atoms with van der Waals surface area (Å²) in [4.78, 5) is 18.3. The van der Waals surface area contributed by atoms with Gasteiger partial charge in [-0.1, -0.05) is 19.3 Å². The summed E-state index contributed by atoms with van der Waals surface area (Å²) in [7, 11) is 0. The Morgan fingerprint density at radius 2 is 1.95 bits per heavy atom. The Labute approximate surface area is 115 Å². The molecule has 1 fully saturated rings. The molecule has 2 rings (SSSR count). The topological polar surface area (TPSA) is 59.2 Å². The van der Waals surface area contributed by atoms with Crippen molar-refractivity contribution in [1.29, 1.82) is 0 Å². The van der Waals surface area contributed by atoms with Gasteiger partial charge in [0.05, 0.1) is 0 Å². The van der Waals surface area contributed by atoms with Gasteiger partial charge in [-0.05, 0) is 30.5 Å². The van der Waals surface area contributed by atoms with Crippen molar-refractivity contribution in [2.24, 2.45) is 5.73 Å². The summed E-state index contributed by atoms with van der Waals surface area (Å²) < 4.78 is 0. The van der Waals surface area contributed by atoms with E-state index in [1.165, 1.54) is 19.3 Å². The molecule has 4 heteroatoms. The van der Waals surface area contributed by atoms with Gasteiger partial charge < -0.3 is 10.6 Å². The molecule has 1 aliphatic rings. The molecule has 0 radical (unpaired) electrons. The molecule has 104 valence electrons. The van der Waals surface area contributed by atoms with Gasteiger partial charge in [-0.15, -0.1) is 0 Å². The molecule has 1 aromatic heterocycles. The molecular weight excluding hydrogens is 238 g/mol. The van der Waals surface area contributed by atoms with E-state index in [9.17, 15) is 4.79 Å². The number of hydrogen-bond acceptors (Lipinski definition) is 3. The molecule has 0 bridgehead atoms. The fourth-order valence-electron chi connectivity index (χ4n) is 2.77. The van der Waals surface area contributed by atoms with Crippen LogP contribution in [-0.2, 0) is 11.3 Å². The maximum atomic E-state index is 12.3. The summed E-state index contributed by atoms with van der Waals surface area (Å²) in [6.45, 7) is 1.12. The zero-order chi connectivity index (χ0) is 13.5. The first-order chi connectivity index (χ1) is 9.31. The van der Waals surface area contributed by atoms with Gasteiger partial charge in [0.25, 0.3) is 0 Å². The Morgan fingerprint density at radius 1 is 1.26 bits per heavy atom. The normalized spacial score (nSPS) is 16.3. The first-order valence-electron chi connectivity index (χ1n) is 7.19. The van der Waals surface area contributed by atoms with Crippen LogP contribution in [0.3, 0.4) is 0 Å². The second-order valence-corrected chi connectivity index (χ2v) is 5.21. The summed E-state index contributed by atoms with van der Waals surface area (Å²) in [6.07, 6.45) is 10.0. The standard InChI is InChI=1S/C15H23N3O/c16-9-6-15(19)18(14-4-2-1-3-5-14)12-13-7-10-17-11-8-13/h7-8,10-11,14H,1-6,9,12,16H2. The minimum atomic E-state index is 0.186. The van der Waals surface area contributed by atoms with Gasteiger partial charge in [0, 0.05) is 37.9 Å².